The second-order valence-corrected chi connectivity index (χ2v) is 12.9. The molecule has 1 aromatic rings. The number of aryl methyl sites for hydroxylation is 1. The molecular weight excluding hydrogens is 512 g/mol. The van der Waals surface area contributed by atoms with Crippen molar-refractivity contribution in [1.82, 2.24) is 0 Å². The van der Waals surface area contributed by atoms with Gasteiger partial charge in [-0.05, 0) is 92.1 Å². The van der Waals surface area contributed by atoms with E-state index in [1.807, 2.05) is 0 Å². The third-order valence-corrected chi connectivity index (χ3v) is 9.24. The van der Waals surface area contributed by atoms with Crippen LogP contribution in [0, 0.1) is 6.92 Å². The molecule has 1 aliphatic carbocycles. The molecule has 0 aliphatic heterocycles. The molecule has 39 heavy (non-hydrogen) atoms. The zero-order valence-electron chi connectivity index (χ0n) is 24.5. The molecule has 0 N–H and O–H groups in total. The van der Waals surface area contributed by atoms with Crippen LogP contribution < -0.4 is 0 Å². The fourth-order valence-electron chi connectivity index (χ4n) is 4.84. The first-order chi connectivity index (χ1) is 18.4. The van der Waals surface area contributed by atoms with E-state index in [9.17, 15) is 14.4 Å². The Morgan fingerprint density at radius 2 is 1.18 bits per heavy atom. The minimum absolute atomic E-state index is 0.174. The van der Waals surface area contributed by atoms with Gasteiger partial charge in [-0.1, -0.05) is 29.8 Å². The zero-order valence-corrected chi connectivity index (χ0v) is 25.5. The van der Waals surface area contributed by atoms with Crippen molar-refractivity contribution >= 4 is 26.2 Å². The molecule has 1 fully saturated rings. The maximum Gasteiger partial charge on any atom is 0.698 e. The van der Waals surface area contributed by atoms with Crippen molar-refractivity contribution in [3.8, 4) is 0 Å². The summed E-state index contributed by atoms with van der Waals surface area (Å²) < 4.78 is 24.8. The lowest BCUT2D eigenvalue weighted by Crippen LogP contribution is -2.45. The highest BCUT2D eigenvalue weighted by Crippen LogP contribution is 2.34. The van der Waals surface area contributed by atoms with Gasteiger partial charge in [0.1, 0.15) is 0 Å². The average Bonchev–Trinajstić information content (AvgIpc) is 2.81. The Bertz CT molecular complexity index is 998. The van der Waals surface area contributed by atoms with Crippen LogP contribution >= 0.6 is 0 Å². The van der Waals surface area contributed by atoms with Gasteiger partial charge in [0.05, 0.1) is 29.4 Å². The average molecular weight is 557 g/mol. The number of hydrogen-bond acceptors (Lipinski definition) is 7. The molecule has 1 aromatic carbocycles. The smallest absolute Gasteiger partial charge is 0.487 e. The Morgan fingerprint density at radius 3 is 1.59 bits per heavy atom. The van der Waals surface area contributed by atoms with E-state index in [0.717, 1.165) is 25.7 Å². The van der Waals surface area contributed by atoms with Crippen molar-refractivity contribution in [2.24, 2.45) is 0 Å². The minimum atomic E-state index is -3.57. The summed E-state index contributed by atoms with van der Waals surface area (Å²) in [6.07, 6.45) is 9.09. The largest absolute Gasteiger partial charge is 0.698 e. The SMILES string of the molecule is CC(=O)C=C(C)O[Si](CCCOC1CCC(c2ccc(C)cc2)CC1)(OC(C)=CC(C)=O)OC(C)=CC(C)=O. The Kier molecular flexibility index (Phi) is 12.9. The maximum atomic E-state index is 11.7. The summed E-state index contributed by atoms with van der Waals surface area (Å²) in [5.74, 6) is 1.08. The van der Waals surface area contributed by atoms with Gasteiger partial charge in [0.25, 0.3) is 0 Å². The summed E-state index contributed by atoms with van der Waals surface area (Å²) in [6, 6.07) is 9.18. The van der Waals surface area contributed by atoms with E-state index in [4.69, 9.17) is 18.0 Å². The molecule has 7 nitrogen and oxygen atoms in total. The highest BCUT2D eigenvalue weighted by Gasteiger charge is 2.49. The van der Waals surface area contributed by atoms with Crippen molar-refractivity contribution in [3.63, 3.8) is 0 Å². The summed E-state index contributed by atoms with van der Waals surface area (Å²) in [6.45, 7) is 11.9. The van der Waals surface area contributed by atoms with Crippen LogP contribution in [0.2, 0.25) is 6.04 Å². The maximum absolute atomic E-state index is 11.7. The predicted molar refractivity (Wildman–Crippen MR) is 154 cm³/mol. The first-order valence-electron chi connectivity index (χ1n) is 13.7. The number of allylic oxidation sites excluding steroid dienone is 6. The molecule has 8 heteroatoms. The molecule has 1 aliphatic rings. The standard InChI is InChI=1S/C31H44O7Si/c1-22-9-11-29(12-10-22)30-13-15-31(16-14-30)35-17-8-18-39(36-26(5)19-23(2)32,37-27(6)20-24(3)33)38-28(7)21-25(4)34/h9-12,19-21,30-31H,8,13-18H2,1-7H3. The first-order valence-corrected chi connectivity index (χ1v) is 15.6. The van der Waals surface area contributed by atoms with Crippen molar-refractivity contribution in [2.45, 2.75) is 98.6 Å². The van der Waals surface area contributed by atoms with Crippen molar-refractivity contribution in [1.29, 1.82) is 0 Å². The van der Waals surface area contributed by atoms with E-state index >= 15 is 0 Å². The number of carbonyl (C=O) groups excluding carboxylic acids is 3. The molecule has 0 amide bonds. The van der Waals surface area contributed by atoms with E-state index in [1.54, 1.807) is 20.8 Å². The van der Waals surface area contributed by atoms with Gasteiger partial charge in [0.2, 0.25) is 0 Å². The number of hydrogen-bond donors (Lipinski definition) is 0. The van der Waals surface area contributed by atoms with Gasteiger partial charge in [0, 0.05) is 24.8 Å². The fraction of sp³-hybridized carbons (Fsp3) is 0.516. The normalized spacial score (nSPS) is 20.1. The molecule has 0 spiro atoms. The zero-order chi connectivity index (χ0) is 29.0. The van der Waals surface area contributed by atoms with E-state index in [0.29, 0.717) is 42.3 Å². The van der Waals surface area contributed by atoms with Crippen LogP contribution in [0.25, 0.3) is 0 Å². The van der Waals surface area contributed by atoms with Crippen LogP contribution in [-0.2, 0) is 32.4 Å². The second-order valence-electron chi connectivity index (χ2n) is 10.4. The van der Waals surface area contributed by atoms with E-state index in [-0.39, 0.29) is 23.5 Å². The first kappa shape index (κ1) is 32.2. The third-order valence-electron chi connectivity index (χ3n) is 6.37. The molecule has 214 valence electrons. The lowest BCUT2D eigenvalue weighted by Gasteiger charge is -2.32. The van der Waals surface area contributed by atoms with Gasteiger partial charge >= 0.3 is 8.80 Å². The molecule has 0 heterocycles. The second kappa shape index (κ2) is 15.6. The van der Waals surface area contributed by atoms with E-state index in [2.05, 4.69) is 31.2 Å². The molecule has 0 radical (unpaired) electrons. The molecule has 0 bridgehead atoms. The topological polar surface area (TPSA) is 88.1 Å². The van der Waals surface area contributed by atoms with E-state index in [1.165, 1.54) is 50.1 Å². The van der Waals surface area contributed by atoms with Gasteiger partial charge < -0.3 is 18.0 Å². The van der Waals surface area contributed by atoms with Crippen molar-refractivity contribution in [2.75, 3.05) is 6.61 Å². The van der Waals surface area contributed by atoms with Crippen molar-refractivity contribution < 1.29 is 32.4 Å². The summed E-state index contributed by atoms with van der Waals surface area (Å²) in [7, 11) is -3.57. The summed E-state index contributed by atoms with van der Waals surface area (Å²) in [4.78, 5) is 35.1. The van der Waals surface area contributed by atoms with Gasteiger partial charge in [0.15, 0.2) is 17.3 Å². The number of ketones is 3. The summed E-state index contributed by atoms with van der Waals surface area (Å²) in [5.41, 5.74) is 2.68. The van der Waals surface area contributed by atoms with Gasteiger partial charge in [-0.25, -0.2) is 0 Å². The number of rotatable bonds is 15. The van der Waals surface area contributed by atoms with E-state index < -0.39 is 8.80 Å². The number of carbonyl (C=O) groups is 3. The lowest BCUT2D eigenvalue weighted by molar-refractivity contribution is -0.113. The lowest BCUT2D eigenvalue weighted by atomic mass is 9.82. The number of ether oxygens (including phenoxy) is 1. The third kappa shape index (κ3) is 12.2. The fourth-order valence-corrected chi connectivity index (χ4v) is 7.50. The Balaban J connectivity index is 2.09. The molecule has 0 saturated heterocycles. The Morgan fingerprint density at radius 1 is 0.744 bits per heavy atom. The summed E-state index contributed by atoms with van der Waals surface area (Å²) >= 11 is 0. The van der Waals surface area contributed by atoms with Crippen LogP contribution in [0.5, 0.6) is 0 Å². The number of benzene rings is 1. The van der Waals surface area contributed by atoms with Crippen LogP contribution in [0.1, 0.15) is 90.7 Å². The molecular formula is C31H44O7Si. The van der Waals surface area contributed by atoms with Crippen LogP contribution in [0.15, 0.2) is 59.8 Å². The highest BCUT2D eigenvalue weighted by molar-refractivity contribution is 6.61. The Hall–Kier alpha value is -2.97. The van der Waals surface area contributed by atoms with Gasteiger partial charge in [-0.2, -0.15) is 0 Å². The van der Waals surface area contributed by atoms with Gasteiger partial charge in [-0.15, -0.1) is 0 Å². The predicted octanol–water partition coefficient (Wildman–Crippen LogP) is 6.90. The minimum Gasteiger partial charge on any atom is -0.487 e. The molecule has 2 rings (SSSR count). The monoisotopic (exact) mass is 556 g/mol. The highest BCUT2D eigenvalue weighted by atomic mass is 28.4. The van der Waals surface area contributed by atoms with Crippen molar-refractivity contribution in [3.05, 3.63) is 70.9 Å². The van der Waals surface area contributed by atoms with Gasteiger partial charge in [-0.3, -0.25) is 14.4 Å². The molecule has 0 unspecified atom stereocenters. The van der Waals surface area contributed by atoms with Crippen LogP contribution in [0.4, 0.5) is 0 Å². The summed E-state index contributed by atoms with van der Waals surface area (Å²) in [5, 5.41) is 0. The quantitative estimate of drug-likeness (QED) is 0.101. The molecule has 1 saturated carbocycles. The molecule has 0 atom stereocenters. The Labute approximate surface area is 234 Å². The van der Waals surface area contributed by atoms with Crippen LogP contribution in [0.3, 0.4) is 0 Å². The molecule has 0 aromatic heterocycles. The van der Waals surface area contributed by atoms with Crippen LogP contribution in [-0.4, -0.2) is 38.9 Å².